The summed E-state index contributed by atoms with van der Waals surface area (Å²) >= 11 is 0. The van der Waals surface area contributed by atoms with Crippen LogP contribution in [0.5, 0.6) is 5.75 Å². The number of carbonyl (C=O) groups excluding carboxylic acids is 2. The van der Waals surface area contributed by atoms with Crippen molar-refractivity contribution in [2.24, 2.45) is 11.7 Å². The Labute approximate surface area is 197 Å². The fraction of sp³-hybridized carbons (Fsp3) is 0.148. The monoisotopic (exact) mass is 454 g/mol. The SMILES string of the molecule is N#CC1=C(N)Oc2ccccc2[C@H]1C(C(=O)OCc1ccccc1)C(=O)OCc1ccccc1. The van der Waals surface area contributed by atoms with E-state index in [-0.39, 0.29) is 24.7 Å². The molecule has 0 fully saturated rings. The first-order chi connectivity index (χ1) is 16.6. The number of nitrogens with zero attached hydrogens (tertiary/aromatic N) is 1. The Balaban J connectivity index is 1.67. The summed E-state index contributed by atoms with van der Waals surface area (Å²) in [4.78, 5) is 26.6. The summed E-state index contributed by atoms with van der Waals surface area (Å²) in [7, 11) is 0. The van der Waals surface area contributed by atoms with Gasteiger partial charge in [0.1, 0.15) is 25.0 Å². The van der Waals surface area contributed by atoms with E-state index in [1.165, 1.54) is 0 Å². The highest BCUT2D eigenvalue weighted by atomic mass is 16.6. The fourth-order valence-electron chi connectivity index (χ4n) is 3.79. The van der Waals surface area contributed by atoms with Gasteiger partial charge in [0.2, 0.25) is 5.88 Å². The molecule has 1 heterocycles. The highest BCUT2D eigenvalue weighted by Gasteiger charge is 2.45. The number of carbonyl (C=O) groups is 2. The van der Waals surface area contributed by atoms with Crippen LogP contribution in [0.3, 0.4) is 0 Å². The predicted molar refractivity (Wildman–Crippen MR) is 123 cm³/mol. The summed E-state index contributed by atoms with van der Waals surface area (Å²) in [6.45, 7) is -0.0673. The molecule has 0 saturated heterocycles. The van der Waals surface area contributed by atoms with Crippen molar-refractivity contribution in [3.8, 4) is 11.8 Å². The van der Waals surface area contributed by atoms with Crippen LogP contribution in [-0.4, -0.2) is 11.9 Å². The Bertz CT molecular complexity index is 1190. The molecule has 3 aromatic carbocycles. The van der Waals surface area contributed by atoms with Crippen molar-refractivity contribution in [2.75, 3.05) is 0 Å². The van der Waals surface area contributed by atoms with Gasteiger partial charge in [0, 0.05) is 5.56 Å². The third-order valence-corrected chi connectivity index (χ3v) is 5.46. The minimum atomic E-state index is -1.45. The Kier molecular flexibility index (Phi) is 6.89. The number of allylic oxidation sites excluding steroid dienone is 1. The zero-order chi connectivity index (χ0) is 23.9. The molecule has 0 saturated carbocycles. The number of nitriles is 1. The van der Waals surface area contributed by atoms with Gasteiger partial charge in [-0.15, -0.1) is 0 Å². The van der Waals surface area contributed by atoms with E-state index in [1.807, 2.05) is 42.5 Å². The molecule has 0 aromatic heterocycles. The molecule has 0 radical (unpaired) electrons. The molecule has 1 aliphatic rings. The molecule has 1 atom stereocenters. The number of benzene rings is 3. The smallest absolute Gasteiger partial charge is 0.321 e. The lowest BCUT2D eigenvalue weighted by molar-refractivity contribution is -0.164. The largest absolute Gasteiger partial charge is 0.460 e. The average molecular weight is 454 g/mol. The number of hydrogen-bond donors (Lipinski definition) is 1. The summed E-state index contributed by atoms with van der Waals surface area (Å²) in [5.41, 5.74) is 7.96. The van der Waals surface area contributed by atoms with Gasteiger partial charge in [-0.1, -0.05) is 78.9 Å². The molecule has 0 aliphatic carbocycles. The van der Waals surface area contributed by atoms with Gasteiger partial charge in [-0.25, -0.2) is 0 Å². The Morgan fingerprint density at radius 1 is 0.853 bits per heavy atom. The molecule has 34 heavy (non-hydrogen) atoms. The molecule has 7 heteroatoms. The maximum absolute atomic E-state index is 13.3. The van der Waals surface area contributed by atoms with Crippen LogP contribution >= 0.6 is 0 Å². The summed E-state index contributed by atoms with van der Waals surface area (Å²) < 4.78 is 16.6. The molecule has 0 bridgehead atoms. The summed E-state index contributed by atoms with van der Waals surface area (Å²) in [6.07, 6.45) is 0. The molecule has 4 rings (SSSR count). The van der Waals surface area contributed by atoms with Crippen LogP contribution in [-0.2, 0) is 32.3 Å². The van der Waals surface area contributed by atoms with Crippen molar-refractivity contribution in [2.45, 2.75) is 19.1 Å². The molecule has 1 aliphatic heterocycles. The first-order valence-electron chi connectivity index (χ1n) is 10.7. The molecule has 7 nitrogen and oxygen atoms in total. The molecule has 170 valence electrons. The number of rotatable bonds is 7. The minimum absolute atomic E-state index is 0.0305. The van der Waals surface area contributed by atoms with Crippen molar-refractivity contribution in [3.63, 3.8) is 0 Å². The van der Waals surface area contributed by atoms with Crippen molar-refractivity contribution >= 4 is 11.9 Å². The molecular formula is C27H22N2O5. The molecule has 3 aromatic rings. The number of ether oxygens (including phenoxy) is 3. The highest BCUT2D eigenvalue weighted by molar-refractivity contribution is 5.97. The summed E-state index contributed by atoms with van der Waals surface area (Å²) in [5.74, 6) is -3.90. The molecular weight excluding hydrogens is 432 g/mol. The number of para-hydroxylation sites is 1. The standard InChI is InChI=1S/C27H22N2O5/c28-15-21-23(20-13-7-8-14-22(20)34-25(21)29)24(26(30)32-16-18-9-3-1-4-10-18)27(31)33-17-19-11-5-2-6-12-19/h1-14,23-24H,16-17,29H2/t23-/m1/s1. The van der Waals surface area contributed by atoms with Gasteiger partial charge >= 0.3 is 11.9 Å². The zero-order valence-electron chi connectivity index (χ0n) is 18.2. The van der Waals surface area contributed by atoms with Crippen molar-refractivity contribution in [1.82, 2.24) is 0 Å². The lowest BCUT2D eigenvalue weighted by atomic mass is 9.79. The maximum Gasteiger partial charge on any atom is 0.321 e. The van der Waals surface area contributed by atoms with Crippen LogP contribution in [0, 0.1) is 17.2 Å². The normalized spacial score (nSPS) is 14.5. The molecule has 2 N–H and O–H groups in total. The Hall–Kier alpha value is -4.57. The first kappa shape index (κ1) is 22.6. The second kappa shape index (κ2) is 10.4. The van der Waals surface area contributed by atoms with Crippen molar-refractivity contribution in [3.05, 3.63) is 113 Å². The minimum Gasteiger partial charge on any atom is -0.460 e. The highest BCUT2D eigenvalue weighted by Crippen LogP contribution is 2.43. The molecule has 0 unspecified atom stereocenters. The van der Waals surface area contributed by atoms with Crippen LogP contribution in [0.15, 0.2) is 96.4 Å². The van der Waals surface area contributed by atoms with Gasteiger partial charge in [-0.3, -0.25) is 9.59 Å². The maximum atomic E-state index is 13.3. The van der Waals surface area contributed by atoms with E-state index in [0.29, 0.717) is 11.3 Å². The van der Waals surface area contributed by atoms with Crippen LogP contribution < -0.4 is 10.5 Å². The van der Waals surface area contributed by atoms with Gasteiger partial charge in [0.25, 0.3) is 0 Å². The van der Waals surface area contributed by atoms with Crippen LogP contribution in [0.1, 0.15) is 22.6 Å². The summed E-state index contributed by atoms with van der Waals surface area (Å²) in [5, 5.41) is 9.81. The van der Waals surface area contributed by atoms with Gasteiger partial charge in [0.15, 0.2) is 5.92 Å². The van der Waals surface area contributed by atoms with Crippen LogP contribution in [0.2, 0.25) is 0 Å². The molecule has 0 amide bonds. The summed E-state index contributed by atoms with van der Waals surface area (Å²) in [6, 6.07) is 27.0. The lowest BCUT2D eigenvalue weighted by Gasteiger charge is -2.29. The quantitative estimate of drug-likeness (QED) is 0.425. The third kappa shape index (κ3) is 4.92. The van der Waals surface area contributed by atoms with E-state index in [2.05, 4.69) is 0 Å². The molecule has 0 spiro atoms. The van der Waals surface area contributed by atoms with Crippen LogP contribution in [0.25, 0.3) is 0 Å². The number of fused-ring (bicyclic) bond motifs is 1. The average Bonchev–Trinajstić information content (AvgIpc) is 2.87. The van der Waals surface area contributed by atoms with E-state index < -0.39 is 23.8 Å². The number of esters is 2. The van der Waals surface area contributed by atoms with E-state index in [4.69, 9.17) is 19.9 Å². The van der Waals surface area contributed by atoms with Crippen molar-refractivity contribution in [1.29, 1.82) is 5.26 Å². The topological polar surface area (TPSA) is 112 Å². The number of hydrogen-bond acceptors (Lipinski definition) is 7. The van der Waals surface area contributed by atoms with E-state index in [1.54, 1.807) is 48.5 Å². The van der Waals surface area contributed by atoms with Gasteiger partial charge in [-0.05, 0) is 17.2 Å². The van der Waals surface area contributed by atoms with Crippen molar-refractivity contribution < 1.29 is 23.8 Å². The van der Waals surface area contributed by atoms with Gasteiger partial charge in [0.05, 0.1) is 11.5 Å². The van der Waals surface area contributed by atoms with Crippen LogP contribution in [0.4, 0.5) is 0 Å². The number of nitrogens with two attached hydrogens (primary N) is 1. The third-order valence-electron chi connectivity index (χ3n) is 5.46. The second-order valence-electron chi connectivity index (χ2n) is 7.67. The Morgan fingerprint density at radius 3 is 1.88 bits per heavy atom. The lowest BCUT2D eigenvalue weighted by Crippen LogP contribution is -2.36. The predicted octanol–water partition coefficient (Wildman–Crippen LogP) is 3.96. The van der Waals surface area contributed by atoms with Gasteiger partial charge in [-0.2, -0.15) is 5.26 Å². The van der Waals surface area contributed by atoms with Gasteiger partial charge < -0.3 is 19.9 Å². The fourth-order valence-corrected chi connectivity index (χ4v) is 3.79. The zero-order valence-corrected chi connectivity index (χ0v) is 18.2. The van der Waals surface area contributed by atoms with E-state index >= 15 is 0 Å². The van der Waals surface area contributed by atoms with E-state index in [0.717, 1.165) is 11.1 Å². The van der Waals surface area contributed by atoms with E-state index in [9.17, 15) is 14.9 Å². The Morgan fingerprint density at radius 2 is 1.35 bits per heavy atom. The first-order valence-corrected chi connectivity index (χ1v) is 10.7. The second-order valence-corrected chi connectivity index (χ2v) is 7.67.